The van der Waals surface area contributed by atoms with Crippen LogP contribution >= 0.6 is 31.9 Å². The van der Waals surface area contributed by atoms with Gasteiger partial charge in [0.2, 0.25) is 0 Å². The topological polar surface area (TPSA) is 20.3 Å². The molecule has 4 heteroatoms. The van der Waals surface area contributed by atoms with E-state index in [-0.39, 0.29) is 5.91 Å². The van der Waals surface area contributed by atoms with Crippen molar-refractivity contribution in [2.24, 2.45) is 0 Å². The zero-order valence-electron chi connectivity index (χ0n) is 10.5. The first-order chi connectivity index (χ1) is 8.63. The van der Waals surface area contributed by atoms with Crippen molar-refractivity contribution >= 4 is 37.8 Å². The molecular formula is C14H17Br2NO. The highest BCUT2D eigenvalue weighted by atomic mass is 79.9. The Morgan fingerprint density at radius 3 is 2.67 bits per heavy atom. The van der Waals surface area contributed by atoms with Gasteiger partial charge in [0.25, 0.3) is 5.91 Å². The summed E-state index contributed by atoms with van der Waals surface area (Å²) in [6, 6.07) is 6.26. The third-order valence-corrected chi connectivity index (χ3v) is 4.75. The van der Waals surface area contributed by atoms with Gasteiger partial charge in [0.15, 0.2) is 0 Å². The summed E-state index contributed by atoms with van der Waals surface area (Å²) in [5, 5.41) is 0.838. The van der Waals surface area contributed by atoms with E-state index in [2.05, 4.69) is 31.9 Å². The number of carbonyl (C=O) groups is 1. The number of amides is 1. The fourth-order valence-corrected chi connectivity index (χ4v) is 2.81. The molecule has 98 valence electrons. The van der Waals surface area contributed by atoms with Crippen LogP contribution in [0.1, 0.15) is 35.2 Å². The number of nitrogens with zero attached hydrogens (tertiary/aromatic N) is 1. The molecule has 2 nitrogen and oxygen atoms in total. The van der Waals surface area contributed by atoms with Crippen molar-refractivity contribution in [3.05, 3.63) is 33.8 Å². The van der Waals surface area contributed by atoms with Crippen LogP contribution < -0.4 is 0 Å². The molecule has 0 N–H and O–H groups in total. The van der Waals surface area contributed by atoms with Crippen molar-refractivity contribution in [2.45, 2.75) is 32.2 Å². The average Bonchev–Trinajstić information content (AvgIpc) is 2.29. The van der Waals surface area contributed by atoms with Crippen molar-refractivity contribution in [3.8, 4) is 0 Å². The molecule has 1 amide bonds. The highest BCUT2D eigenvalue weighted by Crippen LogP contribution is 2.27. The number of benzene rings is 1. The molecular weight excluding hydrogens is 358 g/mol. The minimum absolute atomic E-state index is 0.162. The second-order valence-corrected chi connectivity index (χ2v) is 6.38. The lowest BCUT2D eigenvalue weighted by molar-refractivity contribution is 0.0599. The van der Waals surface area contributed by atoms with Gasteiger partial charge in [0.05, 0.1) is 0 Å². The number of hydrogen-bond donors (Lipinski definition) is 0. The number of halogens is 2. The van der Waals surface area contributed by atoms with Crippen LogP contribution in [-0.2, 0) is 0 Å². The van der Waals surface area contributed by atoms with E-state index in [1.54, 1.807) is 0 Å². The fourth-order valence-electron chi connectivity index (χ4n) is 2.18. The number of aryl methyl sites for hydroxylation is 1. The van der Waals surface area contributed by atoms with Gasteiger partial charge in [-0.25, -0.2) is 0 Å². The van der Waals surface area contributed by atoms with Crippen LogP contribution in [-0.4, -0.2) is 28.7 Å². The van der Waals surface area contributed by atoms with Crippen LogP contribution in [0.3, 0.4) is 0 Å². The van der Waals surface area contributed by atoms with E-state index in [0.29, 0.717) is 6.04 Å². The van der Waals surface area contributed by atoms with Gasteiger partial charge in [-0.2, -0.15) is 0 Å². The van der Waals surface area contributed by atoms with Crippen LogP contribution in [0, 0.1) is 6.92 Å². The van der Waals surface area contributed by atoms with Crippen molar-refractivity contribution in [1.82, 2.24) is 4.90 Å². The molecule has 0 saturated heterocycles. The van der Waals surface area contributed by atoms with Gasteiger partial charge in [0, 0.05) is 28.0 Å². The normalized spacial score (nSPS) is 15.3. The molecule has 0 heterocycles. The molecule has 1 aliphatic rings. The molecule has 0 unspecified atom stereocenters. The van der Waals surface area contributed by atoms with E-state index in [4.69, 9.17) is 0 Å². The summed E-state index contributed by atoms with van der Waals surface area (Å²) in [5.74, 6) is 0.162. The first-order valence-electron chi connectivity index (χ1n) is 6.26. The molecule has 1 fully saturated rings. The minimum Gasteiger partial charge on any atom is -0.335 e. The maximum Gasteiger partial charge on any atom is 0.254 e. The molecule has 0 radical (unpaired) electrons. The second-order valence-electron chi connectivity index (χ2n) is 4.74. The van der Waals surface area contributed by atoms with Crippen molar-refractivity contribution in [3.63, 3.8) is 0 Å². The standard InChI is InChI=1S/C14H17Br2NO/c1-10-9-11(5-6-13(10)16)14(18)17(8-7-15)12-3-2-4-12/h5-6,9,12H,2-4,7-8H2,1H3. The Morgan fingerprint density at radius 1 is 1.44 bits per heavy atom. The van der Waals surface area contributed by atoms with Crippen LogP contribution in [0.5, 0.6) is 0 Å². The van der Waals surface area contributed by atoms with E-state index in [1.165, 1.54) is 6.42 Å². The van der Waals surface area contributed by atoms with Gasteiger partial charge in [-0.15, -0.1) is 0 Å². The summed E-state index contributed by atoms with van der Waals surface area (Å²) in [6.07, 6.45) is 3.54. The Hall–Kier alpha value is -0.350. The molecule has 1 aliphatic carbocycles. The van der Waals surface area contributed by atoms with E-state index in [0.717, 1.165) is 40.3 Å². The molecule has 2 rings (SSSR count). The Morgan fingerprint density at radius 2 is 2.17 bits per heavy atom. The number of rotatable bonds is 4. The van der Waals surface area contributed by atoms with Crippen LogP contribution in [0.25, 0.3) is 0 Å². The monoisotopic (exact) mass is 373 g/mol. The highest BCUT2D eigenvalue weighted by molar-refractivity contribution is 9.10. The van der Waals surface area contributed by atoms with Crippen molar-refractivity contribution in [2.75, 3.05) is 11.9 Å². The molecule has 1 aromatic rings. The van der Waals surface area contributed by atoms with Gasteiger partial charge < -0.3 is 4.90 Å². The molecule has 18 heavy (non-hydrogen) atoms. The molecule has 0 aliphatic heterocycles. The van der Waals surface area contributed by atoms with E-state index in [9.17, 15) is 4.79 Å². The Balaban J connectivity index is 2.18. The molecule has 0 spiro atoms. The summed E-state index contributed by atoms with van der Waals surface area (Å²) in [6.45, 7) is 2.80. The van der Waals surface area contributed by atoms with E-state index >= 15 is 0 Å². The molecule has 1 saturated carbocycles. The SMILES string of the molecule is Cc1cc(C(=O)N(CCBr)C2CCC2)ccc1Br. The third kappa shape index (κ3) is 2.97. The smallest absolute Gasteiger partial charge is 0.254 e. The largest absolute Gasteiger partial charge is 0.335 e. The molecule has 0 atom stereocenters. The first-order valence-corrected chi connectivity index (χ1v) is 8.18. The lowest BCUT2D eigenvalue weighted by atomic mass is 9.91. The second kappa shape index (κ2) is 6.20. The first kappa shape index (κ1) is 14.1. The Labute approximate surface area is 125 Å². The molecule has 0 aromatic heterocycles. The Bertz CT molecular complexity index is 443. The van der Waals surface area contributed by atoms with Gasteiger partial charge in [0.1, 0.15) is 0 Å². The van der Waals surface area contributed by atoms with Gasteiger partial charge in [-0.3, -0.25) is 4.79 Å². The van der Waals surface area contributed by atoms with Gasteiger partial charge in [-0.05, 0) is 49.9 Å². The Kier molecular flexibility index (Phi) is 4.84. The highest BCUT2D eigenvalue weighted by Gasteiger charge is 2.28. The zero-order valence-corrected chi connectivity index (χ0v) is 13.6. The quantitative estimate of drug-likeness (QED) is 0.725. The zero-order chi connectivity index (χ0) is 13.1. The predicted molar refractivity (Wildman–Crippen MR) is 81.3 cm³/mol. The maximum atomic E-state index is 12.5. The summed E-state index contributed by atoms with van der Waals surface area (Å²) < 4.78 is 1.05. The van der Waals surface area contributed by atoms with Crippen LogP contribution in [0.4, 0.5) is 0 Å². The van der Waals surface area contributed by atoms with Crippen LogP contribution in [0.15, 0.2) is 22.7 Å². The van der Waals surface area contributed by atoms with Crippen molar-refractivity contribution < 1.29 is 4.79 Å². The predicted octanol–water partition coefficient (Wildman–Crippen LogP) is 4.15. The van der Waals surface area contributed by atoms with Gasteiger partial charge >= 0.3 is 0 Å². The lowest BCUT2D eigenvalue weighted by Crippen LogP contribution is -2.45. The summed E-state index contributed by atoms with van der Waals surface area (Å²) in [4.78, 5) is 14.5. The average molecular weight is 375 g/mol. The fraction of sp³-hybridized carbons (Fsp3) is 0.500. The minimum atomic E-state index is 0.162. The summed E-state index contributed by atoms with van der Waals surface area (Å²) >= 11 is 6.90. The lowest BCUT2D eigenvalue weighted by Gasteiger charge is -2.37. The van der Waals surface area contributed by atoms with Gasteiger partial charge in [-0.1, -0.05) is 31.9 Å². The molecule has 1 aromatic carbocycles. The van der Waals surface area contributed by atoms with E-state index in [1.807, 2.05) is 30.0 Å². The number of carbonyl (C=O) groups excluding carboxylic acids is 1. The van der Waals surface area contributed by atoms with Crippen LogP contribution in [0.2, 0.25) is 0 Å². The molecule has 0 bridgehead atoms. The summed E-state index contributed by atoms with van der Waals surface area (Å²) in [7, 11) is 0. The van der Waals surface area contributed by atoms with E-state index < -0.39 is 0 Å². The number of alkyl halides is 1. The maximum absolute atomic E-state index is 12.5. The summed E-state index contributed by atoms with van der Waals surface area (Å²) in [5.41, 5.74) is 1.90. The van der Waals surface area contributed by atoms with Crippen molar-refractivity contribution in [1.29, 1.82) is 0 Å². The third-order valence-electron chi connectivity index (χ3n) is 3.51. The number of hydrogen-bond acceptors (Lipinski definition) is 1.